The molecule has 0 bridgehead atoms. The molecule has 3 N–H and O–H groups in total. The van der Waals surface area contributed by atoms with Crippen LogP contribution in [0.5, 0.6) is 0 Å². The van der Waals surface area contributed by atoms with Crippen molar-refractivity contribution in [3.05, 3.63) is 36.5 Å². The summed E-state index contributed by atoms with van der Waals surface area (Å²) in [6.45, 7) is 4.30. The summed E-state index contributed by atoms with van der Waals surface area (Å²) in [5.41, 5.74) is 0. The number of aliphatic hydroxyl groups is 2. The molecule has 0 rings (SSSR count). The molecule has 0 heterocycles. The zero-order chi connectivity index (χ0) is 38.6. The van der Waals surface area contributed by atoms with Crippen molar-refractivity contribution in [3.63, 3.8) is 0 Å². The minimum atomic E-state index is -0.864. The Balaban J connectivity index is 3.56. The van der Waals surface area contributed by atoms with Crippen LogP contribution in [-0.4, -0.2) is 34.9 Å². The third kappa shape index (κ3) is 41.6. The van der Waals surface area contributed by atoms with Crippen molar-refractivity contribution in [2.24, 2.45) is 0 Å². The summed E-state index contributed by atoms with van der Waals surface area (Å²) >= 11 is 0. The van der Waals surface area contributed by atoms with Crippen LogP contribution >= 0.6 is 0 Å². The summed E-state index contributed by atoms with van der Waals surface area (Å²) in [6, 6.07) is -0.642. The highest BCUT2D eigenvalue weighted by Gasteiger charge is 2.17. The van der Waals surface area contributed by atoms with Gasteiger partial charge in [-0.15, -0.1) is 0 Å². The molecule has 0 aliphatic carbocycles. The van der Waals surface area contributed by atoms with Crippen LogP contribution in [-0.2, 0) is 4.79 Å². The van der Waals surface area contributed by atoms with Crippen LogP contribution in [0.3, 0.4) is 0 Å². The molecular formula is C49H93NO3. The molecule has 0 spiro atoms. The van der Waals surface area contributed by atoms with Crippen molar-refractivity contribution in [1.82, 2.24) is 5.32 Å². The van der Waals surface area contributed by atoms with E-state index in [4.69, 9.17) is 0 Å². The van der Waals surface area contributed by atoms with Crippen molar-refractivity contribution in [3.8, 4) is 0 Å². The van der Waals surface area contributed by atoms with Gasteiger partial charge >= 0.3 is 0 Å². The molecule has 53 heavy (non-hydrogen) atoms. The van der Waals surface area contributed by atoms with E-state index in [-0.39, 0.29) is 12.5 Å². The number of hydrogen-bond donors (Lipinski definition) is 3. The van der Waals surface area contributed by atoms with Gasteiger partial charge < -0.3 is 15.5 Å². The number of hydrogen-bond acceptors (Lipinski definition) is 3. The van der Waals surface area contributed by atoms with Crippen molar-refractivity contribution >= 4 is 5.91 Å². The van der Waals surface area contributed by atoms with E-state index >= 15 is 0 Å². The lowest BCUT2D eigenvalue weighted by atomic mass is 10.0. The molecule has 0 aliphatic rings. The average Bonchev–Trinajstić information content (AvgIpc) is 3.16. The predicted octanol–water partition coefficient (Wildman–Crippen LogP) is 15.0. The van der Waals surface area contributed by atoms with Gasteiger partial charge in [-0.2, -0.15) is 0 Å². The molecule has 4 heteroatoms. The van der Waals surface area contributed by atoms with Crippen LogP contribution in [0.25, 0.3) is 0 Å². The first-order valence-electron chi connectivity index (χ1n) is 23.7. The zero-order valence-corrected chi connectivity index (χ0v) is 35.8. The zero-order valence-electron chi connectivity index (χ0n) is 35.8. The first-order chi connectivity index (χ1) is 26.2. The van der Waals surface area contributed by atoms with Crippen LogP contribution in [0.2, 0.25) is 0 Å². The van der Waals surface area contributed by atoms with Gasteiger partial charge in [-0.25, -0.2) is 0 Å². The van der Waals surface area contributed by atoms with E-state index in [9.17, 15) is 15.0 Å². The van der Waals surface area contributed by atoms with E-state index in [0.717, 1.165) is 44.9 Å². The van der Waals surface area contributed by atoms with E-state index < -0.39 is 12.1 Å². The summed E-state index contributed by atoms with van der Waals surface area (Å²) in [5.74, 6) is -0.0814. The third-order valence-electron chi connectivity index (χ3n) is 10.8. The monoisotopic (exact) mass is 744 g/mol. The second kappa shape index (κ2) is 45.0. The molecule has 0 radical (unpaired) electrons. The molecule has 0 saturated carbocycles. The maximum atomic E-state index is 12.4. The number of allylic oxidation sites excluding steroid dienone is 5. The van der Waals surface area contributed by atoms with Gasteiger partial charge in [0.1, 0.15) is 0 Å². The summed E-state index contributed by atoms with van der Waals surface area (Å²) in [7, 11) is 0. The third-order valence-corrected chi connectivity index (χ3v) is 10.8. The Labute approximate surface area is 331 Å². The molecule has 0 aromatic rings. The van der Waals surface area contributed by atoms with Gasteiger partial charge in [-0.05, 0) is 57.8 Å². The lowest BCUT2D eigenvalue weighted by Crippen LogP contribution is -2.45. The maximum Gasteiger partial charge on any atom is 0.220 e. The molecule has 0 aliphatic heterocycles. The molecule has 4 nitrogen and oxygen atoms in total. The summed E-state index contributed by atoms with van der Waals surface area (Å²) in [5, 5.41) is 23.0. The molecular weight excluding hydrogens is 651 g/mol. The van der Waals surface area contributed by atoms with E-state index in [1.807, 2.05) is 6.08 Å². The van der Waals surface area contributed by atoms with Gasteiger partial charge in [0.15, 0.2) is 0 Å². The summed E-state index contributed by atoms with van der Waals surface area (Å²) in [4.78, 5) is 12.4. The minimum Gasteiger partial charge on any atom is -0.394 e. The maximum absolute atomic E-state index is 12.4. The van der Waals surface area contributed by atoms with E-state index in [2.05, 4.69) is 43.5 Å². The fourth-order valence-electron chi connectivity index (χ4n) is 7.19. The Kier molecular flexibility index (Phi) is 43.8. The van der Waals surface area contributed by atoms with E-state index in [1.165, 1.54) is 186 Å². The Morgan fingerprint density at radius 3 is 1.09 bits per heavy atom. The average molecular weight is 744 g/mol. The summed E-state index contributed by atoms with van der Waals surface area (Å²) < 4.78 is 0. The topological polar surface area (TPSA) is 69.6 Å². The second-order valence-corrected chi connectivity index (χ2v) is 16.2. The minimum absolute atomic E-state index is 0.0814. The largest absolute Gasteiger partial charge is 0.394 e. The number of unbranched alkanes of at least 4 members (excludes halogenated alkanes) is 32. The Morgan fingerprint density at radius 2 is 0.736 bits per heavy atom. The van der Waals surface area contributed by atoms with Gasteiger partial charge in [0, 0.05) is 6.42 Å². The van der Waals surface area contributed by atoms with Crippen molar-refractivity contribution in [2.45, 2.75) is 264 Å². The number of amides is 1. The van der Waals surface area contributed by atoms with Gasteiger partial charge in [-0.1, -0.05) is 224 Å². The summed E-state index contributed by atoms with van der Waals surface area (Å²) in [6.07, 6.45) is 59.9. The quantitative estimate of drug-likeness (QED) is 0.0430. The predicted molar refractivity (Wildman–Crippen MR) is 235 cm³/mol. The lowest BCUT2D eigenvalue weighted by molar-refractivity contribution is -0.123. The second-order valence-electron chi connectivity index (χ2n) is 16.2. The fraction of sp³-hybridized carbons (Fsp3) is 0.857. The van der Waals surface area contributed by atoms with Crippen LogP contribution < -0.4 is 5.32 Å². The molecule has 0 saturated heterocycles. The first kappa shape index (κ1) is 51.6. The highest BCUT2D eigenvalue weighted by Crippen LogP contribution is 2.16. The molecule has 0 aromatic carbocycles. The van der Waals surface area contributed by atoms with Gasteiger partial charge in [0.25, 0.3) is 0 Å². The Bertz CT molecular complexity index is 806. The number of carbonyl (C=O) groups excluding carboxylic acids is 1. The van der Waals surface area contributed by atoms with Crippen LogP contribution in [0.4, 0.5) is 0 Å². The Morgan fingerprint density at radius 1 is 0.434 bits per heavy atom. The highest BCUT2D eigenvalue weighted by molar-refractivity contribution is 5.76. The standard InChI is InChI=1S/C49H93NO3/c1-3-5-7-9-11-13-15-17-19-20-21-22-23-24-25-26-27-28-29-31-32-34-36-38-40-42-44-48(52)47(46-51)50-49(53)45-43-41-39-37-35-33-30-18-16-14-12-10-8-6-4-2/h18,30,34,36,42,44,47-48,51-52H,3-17,19-29,31-33,35,37-41,43,45-46H2,1-2H3,(H,50,53)/b30-18-,36-34+,44-42+. The molecule has 0 aromatic heterocycles. The van der Waals surface area contributed by atoms with Crippen LogP contribution in [0, 0.1) is 0 Å². The molecule has 0 fully saturated rings. The molecule has 1 amide bonds. The van der Waals surface area contributed by atoms with Gasteiger partial charge in [0.05, 0.1) is 18.8 Å². The lowest BCUT2D eigenvalue weighted by Gasteiger charge is -2.19. The number of nitrogens with one attached hydrogen (secondary N) is 1. The van der Waals surface area contributed by atoms with Gasteiger partial charge in [0.2, 0.25) is 5.91 Å². The van der Waals surface area contributed by atoms with Gasteiger partial charge in [-0.3, -0.25) is 4.79 Å². The van der Waals surface area contributed by atoms with Crippen molar-refractivity contribution in [2.75, 3.05) is 6.61 Å². The first-order valence-corrected chi connectivity index (χ1v) is 23.7. The van der Waals surface area contributed by atoms with Crippen molar-refractivity contribution in [1.29, 1.82) is 0 Å². The molecule has 312 valence electrons. The fourth-order valence-corrected chi connectivity index (χ4v) is 7.19. The normalized spacial score (nSPS) is 13.2. The highest BCUT2D eigenvalue weighted by atomic mass is 16.3. The number of aliphatic hydroxyl groups excluding tert-OH is 2. The van der Waals surface area contributed by atoms with Crippen molar-refractivity contribution < 1.29 is 15.0 Å². The molecule has 2 unspecified atom stereocenters. The van der Waals surface area contributed by atoms with Crippen LogP contribution in [0.1, 0.15) is 251 Å². The number of carbonyl (C=O) groups is 1. The smallest absolute Gasteiger partial charge is 0.220 e. The SMILES string of the molecule is CCCCCCCC/C=C\CCCCCCCC(=O)NC(CO)C(O)/C=C/CC/C=C/CCCCCCCCCCCCCCCCCCCCCC. The molecule has 2 atom stereocenters. The van der Waals surface area contributed by atoms with Crippen LogP contribution in [0.15, 0.2) is 36.5 Å². The van der Waals surface area contributed by atoms with E-state index in [0.29, 0.717) is 6.42 Å². The number of rotatable bonds is 43. The van der Waals surface area contributed by atoms with E-state index in [1.54, 1.807) is 6.08 Å². The Hall–Kier alpha value is -1.39.